The molecule has 0 aliphatic heterocycles. The van der Waals surface area contributed by atoms with Gasteiger partial charge in [0.2, 0.25) is 11.8 Å². The molecule has 3 rings (SSSR count). The van der Waals surface area contributed by atoms with Gasteiger partial charge in [0.05, 0.1) is 13.2 Å². The van der Waals surface area contributed by atoms with Crippen LogP contribution in [0.25, 0.3) is 0 Å². The molecule has 0 radical (unpaired) electrons. The number of carbonyl (C=O) groups is 1. The largest absolute Gasteiger partial charge is 0.758 e. The van der Waals surface area contributed by atoms with Crippen LogP contribution in [0.3, 0.4) is 0 Å². The van der Waals surface area contributed by atoms with Crippen LogP contribution in [0.15, 0.2) is 78.0 Å². The molecule has 5 heteroatoms. The summed E-state index contributed by atoms with van der Waals surface area (Å²) in [5.41, 5.74) is 4.51. The van der Waals surface area contributed by atoms with E-state index in [1.165, 1.54) is 0 Å². The van der Waals surface area contributed by atoms with E-state index in [9.17, 15) is 9.90 Å². The summed E-state index contributed by atoms with van der Waals surface area (Å²) in [6.45, 7) is 4.30. The Morgan fingerprint density at radius 1 is 1.03 bits per heavy atom. The molecule has 0 fully saturated rings. The molecule has 0 spiro atoms. The molecule has 0 saturated carbocycles. The van der Waals surface area contributed by atoms with Crippen LogP contribution >= 0.6 is 0 Å². The molecule has 29 heavy (non-hydrogen) atoms. The molecule has 0 saturated heterocycles. The number of aryl methyl sites for hydroxylation is 2. The Bertz CT molecular complexity index is 1030. The SMILES string of the molecule is Cc1ccc(C(=O)[C@@H](C([S-])=NCc2ccccc2)[n+]2cccc(CO)c2)cc1C. The summed E-state index contributed by atoms with van der Waals surface area (Å²) in [5, 5.41) is 9.82. The number of rotatable bonds is 7. The second-order valence-corrected chi connectivity index (χ2v) is 7.44. The van der Waals surface area contributed by atoms with Crippen LogP contribution < -0.4 is 4.57 Å². The van der Waals surface area contributed by atoms with Crippen molar-refractivity contribution in [3.05, 3.63) is 101 Å². The lowest BCUT2D eigenvalue weighted by Gasteiger charge is -2.19. The van der Waals surface area contributed by atoms with E-state index in [-0.39, 0.29) is 12.4 Å². The number of nitrogens with zero attached hydrogens (tertiary/aromatic N) is 2. The molecule has 1 N–H and O–H groups in total. The number of pyridine rings is 1. The predicted octanol–water partition coefficient (Wildman–Crippen LogP) is 3.65. The molecular weight excluding hydrogens is 380 g/mol. The van der Waals surface area contributed by atoms with Crippen molar-refractivity contribution in [1.82, 2.24) is 0 Å². The second-order valence-electron chi connectivity index (χ2n) is 7.02. The number of hydrogen-bond donors (Lipinski definition) is 1. The third-order valence-corrected chi connectivity index (χ3v) is 5.25. The summed E-state index contributed by atoms with van der Waals surface area (Å²) < 4.78 is 1.74. The van der Waals surface area contributed by atoms with Gasteiger partial charge >= 0.3 is 0 Å². The van der Waals surface area contributed by atoms with Crippen molar-refractivity contribution < 1.29 is 14.5 Å². The highest BCUT2D eigenvalue weighted by atomic mass is 32.1. The van der Waals surface area contributed by atoms with Crippen molar-refractivity contribution in [2.24, 2.45) is 4.99 Å². The monoisotopic (exact) mass is 404 g/mol. The van der Waals surface area contributed by atoms with Gasteiger partial charge in [-0.15, -0.1) is 0 Å². The lowest BCUT2D eigenvalue weighted by molar-refractivity contribution is -0.692. The maximum atomic E-state index is 13.4. The van der Waals surface area contributed by atoms with Crippen LogP contribution in [-0.4, -0.2) is 15.9 Å². The minimum atomic E-state index is -0.748. The Balaban J connectivity index is 2.00. The minimum Gasteiger partial charge on any atom is -0.758 e. The van der Waals surface area contributed by atoms with Gasteiger partial charge in [0.25, 0.3) is 0 Å². The lowest BCUT2D eigenvalue weighted by Crippen LogP contribution is -2.48. The Morgan fingerprint density at radius 2 is 1.76 bits per heavy atom. The number of aliphatic hydroxyl groups is 1. The van der Waals surface area contributed by atoms with Crippen molar-refractivity contribution in [1.29, 1.82) is 0 Å². The molecule has 0 unspecified atom stereocenters. The highest BCUT2D eigenvalue weighted by molar-refractivity contribution is 7.77. The number of ketones is 1. The lowest BCUT2D eigenvalue weighted by atomic mass is 9.99. The number of aliphatic imine (C=N–C) groups is 1. The smallest absolute Gasteiger partial charge is 0.237 e. The maximum Gasteiger partial charge on any atom is 0.237 e. The van der Waals surface area contributed by atoms with E-state index < -0.39 is 6.04 Å². The van der Waals surface area contributed by atoms with Gasteiger partial charge in [0.1, 0.15) is 0 Å². The van der Waals surface area contributed by atoms with E-state index in [0.717, 1.165) is 16.7 Å². The van der Waals surface area contributed by atoms with E-state index in [1.54, 1.807) is 29.1 Å². The van der Waals surface area contributed by atoms with E-state index in [4.69, 9.17) is 12.6 Å². The minimum absolute atomic E-state index is 0.112. The molecule has 148 valence electrons. The van der Waals surface area contributed by atoms with Gasteiger partial charge in [-0.05, 0) is 47.7 Å². The van der Waals surface area contributed by atoms with Gasteiger partial charge in [-0.1, -0.05) is 42.5 Å². The van der Waals surface area contributed by atoms with Crippen LogP contribution in [0, 0.1) is 13.8 Å². The summed E-state index contributed by atoms with van der Waals surface area (Å²) in [6.07, 6.45) is 3.53. The van der Waals surface area contributed by atoms with Gasteiger partial charge < -0.3 is 22.7 Å². The number of benzene rings is 2. The summed E-state index contributed by atoms with van der Waals surface area (Å²) in [4.78, 5) is 18.0. The second kappa shape index (κ2) is 9.54. The number of aliphatic hydroxyl groups excluding tert-OH is 1. The standard InChI is InChI=1S/C24H24N2O2S/c1-17-10-11-21(13-18(17)2)23(28)22(26-12-6-9-20(15-26)16-27)24(29)25-14-19-7-4-3-5-8-19/h3-13,15,22,27H,14,16H2,1-2H3/t22-/m0/s1. The fourth-order valence-corrected chi connectivity index (χ4v) is 3.36. The molecule has 4 nitrogen and oxygen atoms in total. The van der Waals surface area contributed by atoms with E-state index in [1.807, 2.05) is 62.4 Å². The summed E-state index contributed by atoms with van der Waals surface area (Å²) in [6, 6.07) is 18.3. The van der Waals surface area contributed by atoms with Crippen LogP contribution in [-0.2, 0) is 25.8 Å². The normalized spacial score (nSPS) is 12.6. The number of carbonyl (C=O) groups excluding carboxylic acids is 1. The zero-order valence-corrected chi connectivity index (χ0v) is 17.4. The summed E-state index contributed by atoms with van der Waals surface area (Å²) >= 11 is 5.60. The van der Waals surface area contributed by atoms with Gasteiger partial charge in [0.15, 0.2) is 12.4 Å². The van der Waals surface area contributed by atoms with E-state index >= 15 is 0 Å². The van der Waals surface area contributed by atoms with Crippen LogP contribution in [0.5, 0.6) is 0 Å². The van der Waals surface area contributed by atoms with Gasteiger partial charge in [0, 0.05) is 17.2 Å². The van der Waals surface area contributed by atoms with Gasteiger partial charge in [-0.3, -0.25) is 4.79 Å². The molecule has 1 atom stereocenters. The highest BCUT2D eigenvalue weighted by Crippen LogP contribution is 2.16. The number of aromatic nitrogens is 1. The van der Waals surface area contributed by atoms with Crippen molar-refractivity contribution in [3.8, 4) is 0 Å². The number of hydrogen-bond acceptors (Lipinski definition) is 4. The summed E-state index contributed by atoms with van der Waals surface area (Å²) in [5.74, 6) is -0.116. The first-order valence-corrected chi connectivity index (χ1v) is 9.87. The molecule has 0 aliphatic carbocycles. The van der Waals surface area contributed by atoms with Crippen molar-refractivity contribution in [2.45, 2.75) is 33.0 Å². The van der Waals surface area contributed by atoms with Gasteiger partial charge in [-0.2, -0.15) is 4.57 Å². The number of Topliss-reactive ketones (excluding diaryl/α,β-unsaturated/α-hetero) is 1. The Hall–Kier alpha value is -2.89. The van der Waals surface area contributed by atoms with E-state index in [2.05, 4.69) is 4.99 Å². The fourth-order valence-electron chi connectivity index (χ4n) is 3.06. The predicted molar refractivity (Wildman–Crippen MR) is 117 cm³/mol. The van der Waals surface area contributed by atoms with Crippen molar-refractivity contribution >= 4 is 23.5 Å². The fraction of sp³-hybridized carbons (Fsp3) is 0.208. The topological polar surface area (TPSA) is 53.5 Å². The average molecular weight is 405 g/mol. The third-order valence-electron chi connectivity index (χ3n) is 4.90. The van der Waals surface area contributed by atoms with Crippen LogP contribution in [0.4, 0.5) is 0 Å². The highest BCUT2D eigenvalue weighted by Gasteiger charge is 2.28. The van der Waals surface area contributed by atoms with Crippen molar-refractivity contribution in [3.63, 3.8) is 0 Å². The molecule has 0 amide bonds. The maximum absolute atomic E-state index is 13.4. The molecule has 0 aliphatic rings. The third kappa shape index (κ3) is 5.13. The zero-order valence-electron chi connectivity index (χ0n) is 16.6. The van der Waals surface area contributed by atoms with E-state index in [0.29, 0.717) is 22.7 Å². The molecule has 2 aromatic carbocycles. The van der Waals surface area contributed by atoms with Crippen LogP contribution in [0.2, 0.25) is 0 Å². The first-order valence-electron chi connectivity index (χ1n) is 9.47. The molecule has 1 aromatic heterocycles. The Labute approximate surface area is 177 Å². The quantitative estimate of drug-likeness (QED) is 0.215. The first kappa shape index (κ1) is 20.8. The average Bonchev–Trinajstić information content (AvgIpc) is 2.75. The zero-order chi connectivity index (χ0) is 20.8. The molecular formula is C24H24N2O2S. The Kier molecular flexibility index (Phi) is 6.86. The van der Waals surface area contributed by atoms with Crippen LogP contribution in [0.1, 0.15) is 38.7 Å². The first-order chi connectivity index (χ1) is 14.0. The molecule has 0 bridgehead atoms. The molecule has 3 aromatic rings. The molecule has 1 heterocycles. The van der Waals surface area contributed by atoms with Crippen molar-refractivity contribution in [2.75, 3.05) is 0 Å². The Morgan fingerprint density at radius 3 is 2.45 bits per heavy atom. The summed E-state index contributed by atoms with van der Waals surface area (Å²) in [7, 11) is 0. The van der Waals surface area contributed by atoms with Gasteiger partial charge in [-0.25, -0.2) is 0 Å².